The van der Waals surface area contributed by atoms with Crippen molar-refractivity contribution in [2.24, 2.45) is 11.8 Å². The summed E-state index contributed by atoms with van der Waals surface area (Å²) in [6.45, 7) is 9.62. The third-order valence-corrected chi connectivity index (χ3v) is 8.75. The number of carbonyl (C=O) groups is 2. The molecule has 0 N–H and O–H groups in total. The zero-order chi connectivity index (χ0) is 24.8. The fourth-order valence-electron chi connectivity index (χ4n) is 6.30. The van der Waals surface area contributed by atoms with Crippen LogP contribution in [0.15, 0.2) is 48.5 Å². The molecule has 1 aliphatic carbocycles. The van der Waals surface area contributed by atoms with E-state index in [1.54, 1.807) is 0 Å². The SMILES string of the molecule is CC1CCN(CC(=O)c2ccc3c(c2)-c2ccc(C(=O)CN4CCC(C)CC4)c4cccc-3c24)CC1. The van der Waals surface area contributed by atoms with E-state index >= 15 is 0 Å². The van der Waals surface area contributed by atoms with Crippen LogP contribution in [0.5, 0.6) is 0 Å². The predicted molar refractivity (Wildman–Crippen MR) is 147 cm³/mol. The number of carbonyl (C=O) groups excluding carboxylic acids is 2. The molecule has 3 aromatic rings. The van der Waals surface area contributed by atoms with Gasteiger partial charge in [0.25, 0.3) is 0 Å². The molecule has 0 aromatic heterocycles. The van der Waals surface area contributed by atoms with Crippen LogP contribution in [0, 0.1) is 11.8 Å². The van der Waals surface area contributed by atoms with E-state index in [1.165, 1.54) is 31.2 Å². The minimum absolute atomic E-state index is 0.196. The molecule has 2 aliphatic heterocycles. The summed E-state index contributed by atoms with van der Waals surface area (Å²) < 4.78 is 0. The van der Waals surface area contributed by atoms with Crippen molar-refractivity contribution in [2.75, 3.05) is 39.3 Å². The Hall–Kier alpha value is -2.82. The van der Waals surface area contributed by atoms with Gasteiger partial charge in [-0.1, -0.05) is 56.3 Å². The summed E-state index contributed by atoms with van der Waals surface area (Å²) in [5, 5.41) is 2.19. The molecule has 186 valence electrons. The van der Waals surface area contributed by atoms with Crippen LogP contribution in [0.25, 0.3) is 33.0 Å². The van der Waals surface area contributed by atoms with Crippen molar-refractivity contribution in [2.45, 2.75) is 39.5 Å². The van der Waals surface area contributed by atoms with Crippen molar-refractivity contribution >= 4 is 22.3 Å². The van der Waals surface area contributed by atoms with Crippen molar-refractivity contribution in [3.8, 4) is 22.3 Å². The maximum absolute atomic E-state index is 13.4. The van der Waals surface area contributed by atoms with Gasteiger partial charge in [0.1, 0.15) is 0 Å². The van der Waals surface area contributed by atoms with E-state index < -0.39 is 0 Å². The second kappa shape index (κ2) is 9.57. The normalized spacial score (nSPS) is 19.1. The number of ketones is 2. The predicted octanol–water partition coefficient (Wildman–Crippen LogP) is 6.32. The van der Waals surface area contributed by atoms with Crippen LogP contribution in [-0.2, 0) is 0 Å². The zero-order valence-electron chi connectivity index (χ0n) is 21.6. The molecule has 0 radical (unpaired) electrons. The summed E-state index contributed by atoms with van der Waals surface area (Å²) in [5.74, 6) is 1.92. The Morgan fingerprint density at radius 2 is 1.28 bits per heavy atom. The summed E-state index contributed by atoms with van der Waals surface area (Å²) >= 11 is 0. The summed E-state index contributed by atoms with van der Waals surface area (Å²) in [4.78, 5) is 31.2. The van der Waals surface area contributed by atoms with E-state index in [0.29, 0.717) is 13.1 Å². The van der Waals surface area contributed by atoms with Crippen LogP contribution in [-0.4, -0.2) is 60.6 Å². The first-order valence-corrected chi connectivity index (χ1v) is 13.7. The quantitative estimate of drug-likeness (QED) is 0.303. The lowest BCUT2D eigenvalue weighted by Gasteiger charge is -2.29. The summed E-state index contributed by atoms with van der Waals surface area (Å²) in [5.41, 5.74) is 6.19. The lowest BCUT2D eigenvalue weighted by atomic mass is 9.95. The Balaban J connectivity index is 1.28. The Kier molecular flexibility index (Phi) is 6.27. The molecule has 0 spiro atoms. The highest BCUT2D eigenvalue weighted by molar-refractivity contribution is 6.21. The number of piperidine rings is 2. The van der Waals surface area contributed by atoms with Crippen molar-refractivity contribution in [3.05, 3.63) is 59.7 Å². The number of hydrogen-bond acceptors (Lipinski definition) is 4. The van der Waals surface area contributed by atoms with Crippen molar-refractivity contribution in [1.82, 2.24) is 9.80 Å². The fraction of sp³-hybridized carbons (Fsp3) is 0.438. The van der Waals surface area contributed by atoms with E-state index in [1.807, 2.05) is 12.1 Å². The van der Waals surface area contributed by atoms with E-state index in [2.05, 4.69) is 60.0 Å². The van der Waals surface area contributed by atoms with Crippen molar-refractivity contribution in [1.29, 1.82) is 0 Å². The molecule has 6 rings (SSSR count). The van der Waals surface area contributed by atoms with E-state index in [9.17, 15) is 9.59 Å². The van der Waals surface area contributed by atoms with E-state index in [-0.39, 0.29) is 11.6 Å². The van der Waals surface area contributed by atoms with Crippen molar-refractivity contribution in [3.63, 3.8) is 0 Å². The third-order valence-electron chi connectivity index (χ3n) is 8.75. The second-order valence-electron chi connectivity index (χ2n) is 11.4. The molecule has 0 amide bonds. The van der Waals surface area contributed by atoms with E-state index in [0.717, 1.165) is 76.6 Å². The summed E-state index contributed by atoms with van der Waals surface area (Å²) in [6, 6.07) is 16.6. The topological polar surface area (TPSA) is 40.6 Å². The van der Waals surface area contributed by atoms with E-state index in [4.69, 9.17) is 0 Å². The van der Waals surface area contributed by atoms with Crippen molar-refractivity contribution < 1.29 is 9.59 Å². The molecule has 4 heteroatoms. The molecule has 0 atom stereocenters. The number of nitrogens with zero attached hydrogens (tertiary/aromatic N) is 2. The molecule has 0 unspecified atom stereocenters. The first-order chi connectivity index (χ1) is 17.5. The van der Waals surface area contributed by atoms with Gasteiger partial charge in [-0.15, -0.1) is 0 Å². The number of fused-ring (bicyclic) bond motifs is 3. The Morgan fingerprint density at radius 3 is 1.94 bits per heavy atom. The van der Waals surface area contributed by atoms with Gasteiger partial charge in [-0.3, -0.25) is 19.4 Å². The molecule has 2 heterocycles. The standard InChI is InChI=1S/C32H36N2O2/c1-21-10-14-33(15-11-21)19-30(35)23-6-7-24-26-4-3-5-27-25(8-9-28(32(26)27)29(24)18-23)31(36)20-34-16-12-22(2)13-17-34/h3-9,18,21-22H,10-17,19-20H2,1-2H3. The molecule has 4 nitrogen and oxygen atoms in total. The van der Waals surface area contributed by atoms with Crippen LogP contribution in [0.3, 0.4) is 0 Å². The second-order valence-corrected chi connectivity index (χ2v) is 11.4. The van der Waals surface area contributed by atoms with Gasteiger partial charge >= 0.3 is 0 Å². The van der Waals surface area contributed by atoms with Gasteiger partial charge < -0.3 is 0 Å². The molecular weight excluding hydrogens is 444 g/mol. The Labute approximate surface area is 214 Å². The van der Waals surface area contributed by atoms with Crippen LogP contribution >= 0.6 is 0 Å². The average molecular weight is 481 g/mol. The number of likely N-dealkylation sites (tertiary alicyclic amines) is 2. The number of rotatable bonds is 6. The van der Waals surface area contributed by atoms with Gasteiger partial charge in [-0.25, -0.2) is 0 Å². The average Bonchev–Trinajstić information content (AvgIpc) is 3.21. The van der Waals surface area contributed by atoms with Crippen LogP contribution in [0.2, 0.25) is 0 Å². The fourth-order valence-corrected chi connectivity index (χ4v) is 6.30. The summed E-state index contributed by atoms with van der Waals surface area (Å²) in [7, 11) is 0. The maximum Gasteiger partial charge on any atom is 0.177 e. The van der Waals surface area contributed by atoms with Crippen LogP contribution in [0.4, 0.5) is 0 Å². The highest BCUT2D eigenvalue weighted by Gasteiger charge is 2.27. The molecule has 36 heavy (non-hydrogen) atoms. The van der Waals surface area contributed by atoms with Gasteiger partial charge in [0, 0.05) is 11.1 Å². The first-order valence-electron chi connectivity index (χ1n) is 13.7. The third kappa shape index (κ3) is 4.31. The lowest BCUT2D eigenvalue weighted by molar-refractivity contribution is 0.0893. The molecule has 3 aliphatic rings. The Morgan fingerprint density at radius 1 is 0.694 bits per heavy atom. The van der Waals surface area contributed by atoms with Gasteiger partial charge in [-0.2, -0.15) is 0 Å². The first kappa shape index (κ1) is 23.6. The molecule has 0 saturated carbocycles. The lowest BCUT2D eigenvalue weighted by Crippen LogP contribution is -2.36. The smallest absolute Gasteiger partial charge is 0.177 e. The van der Waals surface area contributed by atoms with Gasteiger partial charge in [0.05, 0.1) is 13.1 Å². The Bertz CT molecular complexity index is 1330. The molecule has 2 fully saturated rings. The number of Topliss-reactive ketones (excluding diaryl/α,β-unsaturated/α-hetero) is 2. The minimum Gasteiger partial charge on any atom is -0.296 e. The molecule has 0 bridgehead atoms. The van der Waals surface area contributed by atoms with Gasteiger partial charge in [-0.05, 0) is 103 Å². The maximum atomic E-state index is 13.4. The largest absolute Gasteiger partial charge is 0.296 e. The molecular formula is C32H36N2O2. The monoisotopic (exact) mass is 480 g/mol. The molecule has 3 aromatic carbocycles. The van der Waals surface area contributed by atoms with Crippen LogP contribution < -0.4 is 0 Å². The zero-order valence-corrected chi connectivity index (χ0v) is 21.6. The van der Waals surface area contributed by atoms with Crippen LogP contribution in [0.1, 0.15) is 60.2 Å². The molecule has 2 saturated heterocycles. The number of benzene rings is 3. The highest BCUT2D eigenvalue weighted by atomic mass is 16.1. The minimum atomic E-state index is 0.196. The highest BCUT2D eigenvalue weighted by Crippen LogP contribution is 2.48. The van der Waals surface area contributed by atoms with Gasteiger partial charge in [0.15, 0.2) is 11.6 Å². The number of hydrogen-bond donors (Lipinski definition) is 0. The van der Waals surface area contributed by atoms with Gasteiger partial charge in [0.2, 0.25) is 0 Å². The summed E-state index contributed by atoms with van der Waals surface area (Å²) in [6.07, 6.45) is 4.69.